The Morgan fingerprint density at radius 1 is 1.62 bits per heavy atom. The topological polar surface area (TPSA) is 48.5 Å². The molecule has 1 aliphatic rings. The maximum absolute atomic E-state index is 12.6. The lowest BCUT2D eigenvalue weighted by atomic mass is 10.1. The number of hydrogen-bond acceptors (Lipinski definition) is 4. The number of nitrogens with one attached hydrogen (secondary N) is 1. The number of hydrogen-bond donors (Lipinski definition) is 1. The van der Waals surface area contributed by atoms with E-state index in [-0.39, 0.29) is 5.91 Å². The van der Waals surface area contributed by atoms with Gasteiger partial charge in [0.05, 0.1) is 10.6 Å². The standard InChI is InChI=1S/C15H23ClN4O/c1-4-20-7-5-6-11(20)10-19(3)15(21)12-8-14(17-2)18-9-13(12)16/h8-9,11H,4-7,10H2,1-3H3,(H,17,18). The predicted molar refractivity (Wildman–Crippen MR) is 86.0 cm³/mol. The Balaban J connectivity index is 2.08. The third kappa shape index (κ3) is 3.66. The number of halogens is 1. The van der Waals surface area contributed by atoms with Gasteiger partial charge < -0.3 is 10.2 Å². The molecule has 0 bridgehead atoms. The van der Waals surface area contributed by atoms with Crippen molar-refractivity contribution < 1.29 is 4.79 Å². The summed E-state index contributed by atoms with van der Waals surface area (Å²) in [6.07, 6.45) is 3.88. The molecule has 1 aromatic rings. The van der Waals surface area contributed by atoms with Crippen LogP contribution in [0.25, 0.3) is 0 Å². The Labute approximate surface area is 131 Å². The zero-order chi connectivity index (χ0) is 15.4. The second-order valence-corrected chi connectivity index (χ2v) is 5.82. The normalized spacial score (nSPS) is 18.8. The number of nitrogens with zero attached hydrogens (tertiary/aromatic N) is 3. The number of anilines is 1. The molecular formula is C15H23ClN4O. The van der Waals surface area contributed by atoms with E-state index in [1.54, 1.807) is 18.0 Å². The Hall–Kier alpha value is -1.33. The van der Waals surface area contributed by atoms with Crippen LogP contribution in [-0.4, -0.2) is 60.5 Å². The van der Waals surface area contributed by atoms with Gasteiger partial charge in [-0.15, -0.1) is 0 Å². The maximum Gasteiger partial charge on any atom is 0.255 e. The van der Waals surface area contributed by atoms with Crippen LogP contribution in [0.15, 0.2) is 12.3 Å². The van der Waals surface area contributed by atoms with Crippen molar-refractivity contribution in [3.8, 4) is 0 Å². The summed E-state index contributed by atoms with van der Waals surface area (Å²) in [5.74, 6) is 0.592. The molecule has 1 unspecified atom stereocenters. The van der Waals surface area contributed by atoms with Gasteiger partial charge in [0.2, 0.25) is 0 Å². The Bertz CT molecular complexity index is 508. The molecule has 2 heterocycles. The lowest BCUT2D eigenvalue weighted by molar-refractivity contribution is 0.0755. The smallest absolute Gasteiger partial charge is 0.255 e. The van der Waals surface area contributed by atoms with Crippen molar-refractivity contribution in [1.82, 2.24) is 14.8 Å². The number of likely N-dealkylation sites (tertiary alicyclic amines) is 1. The second-order valence-electron chi connectivity index (χ2n) is 5.41. The first-order valence-corrected chi connectivity index (χ1v) is 7.77. The first-order valence-electron chi connectivity index (χ1n) is 7.39. The molecule has 116 valence electrons. The van der Waals surface area contributed by atoms with E-state index in [9.17, 15) is 4.79 Å². The molecule has 1 N–H and O–H groups in total. The first-order chi connectivity index (χ1) is 10.1. The summed E-state index contributed by atoms with van der Waals surface area (Å²) in [7, 11) is 3.61. The third-order valence-corrected chi connectivity index (χ3v) is 4.38. The van der Waals surface area contributed by atoms with Gasteiger partial charge in [-0.3, -0.25) is 9.69 Å². The Kier molecular flexibility index (Phi) is 5.42. The van der Waals surface area contributed by atoms with E-state index < -0.39 is 0 Å². The largest absolute Gasteiger partial charge is 0.373 e. The van der Waals surface area contributed by atoms with E-state index in [1.807, 2.05) is 7.05 Å². The molecule has 2 rings (SSSR count). The van der Waals surface area contributed by atoms with Crippen LogP contribution in [0.3, 0.4) is 0 Å². The second kappa shape index (κ2) is 7.09. The summed E-state index contributed by atoms with van der Waals surface area (Å²) in [6.45, 7) is 5.06. The van der Waals surface area contributed by atoms with E-state index in [1.165, 1.54) is 12.6 Å². The number of rotatable bonds is 5. The molecule has 1 saturated heterocycles. The molecule has 21 heavy (non-hydrogen) atoms. The molecule has 1 atom stereocenters. The molecule has 1 amide bonds. The van der Waals surface area contributed by atoms with Crippen molar-refractivity contribution >= 4 is 23.3 Å². The molecule has 0 spiro atoms. The fraction of sp³-hybridized carbons (Fsp3) is 0.600. The lowest BCUT2D eigenvalue weighted by Crippen LogP contribution is -2.41. The Morgan fingerprint density at radius 2 is 2.38 bits per heavy atom. The monoisotopic (exact) mass is 310 g/mol. The van der Waals surface area contributed by atoms with E-state index >= 15 is 0 Å². The van der Waals surface area contributed by atoms with Gasteiger partial charge in [0.15, 0.2) is 0 Å². The maximum atomic E-state index is 12.6. The number of pyridine rings is 1. The van der Waals surface area contributed by atoms with Gasteiger partial charge in [0.1, 0.15) is 5.82 Å². The fourth-order valence-corrected chi connectivity index (χ4v) is 3.05. The number of likely N-dealkylation sites (N-methyl/N-ethyl adjacent to an activating group) is 2. The minimum Gasteiger partial charge on any atom is -0.373 e. The van der Waals surface area contributed by atoms with Crippen molar-refractivity contribution in [2.75, 3.05) is 39.0 Å². The van der Waals surface area contributed by atoms with E-state index in [2.05, 4.69) is 22.1 Å². The molecule has 0 radical (unpaired) electrons. The highest BCUT2D eigenvalue weighted by Crippen LogP contribution is 2.21. The van der Waals surface area contributed by atoms with E-state index in [4.69, 9.17) is 11.6 Å². The summed E-state index contributed by atoms with van der Waals surface area (Å²) >= 11 is 6.12. The molecule has 1 aliphatic heterocycles. The van der Waals surface area contributed by atoms with Gasteiger partial charge >= 0.3 is 0 Å². The van der Waals surface area contributed by atoms with Gasteiger partial charge in [-0.2, -0.15) is 0 Å². The summed E-state index contributed by atoms with van der Waals surface area (Å²) in [6, 6.07) is 2.15. The summed E-state index contributed by atoms with van der Waals surface area (Å²) in [5, 5.41) is 3.32. The Morgan fingerprint density at radius 3 is 3.05 bits per heavy atom. The van der Waals surface area contributed by atoms with Gasteiger partial charge in [-0.05, 0) is 32.0 Å². The molecule has 5 nitrogen and oxygen atoms in total. The van der Waals surface area contributed by atoms with Crippen molar-refractivity contribution in [3.63, 3.8) is 0 Å². The van der Waals surface area contributed by atoms with Crippen molar-refractivity contribution in [1.29, 1.82) is 0 Å². The van der Waals surface area contributed by atoms with Crippen LogP contribution < -0.4 is 5.32 Å². The highest BCUT2D eigenvalue weighted by Gasteiger charge is 2.26. The molecule has 6 heteroatoms. The summed E-state index contributed by atoms with van der Waals surface area (Å²) in [4.78, 5) is 20.9. The van der Waals surface area contributed by atoms with Crippen LogP contribution in [0.5, 0.6) is 0 Å². The average molecular weight is 311 g/mol. The lowest BCUT2D eigenvalue weighted by Gasteiger charge is -2.28. The minimum absolute atomic E-state index is 0.0538. The fourth-order valence-electron chi connectivity index (χ4n) is 2.86. The first kappa shape index (κ1) is 16.0. The van der Waals surface area contributed by atoms with Gasteiger partial charge in [-0.1, -0.05) is 18.5 Å². The predicted octanol–water partition coefficient (Wildman–Crippen LogP) is 2.33. The number of aromatic nitrogens is 1. The molecule has 1 aromatic heterocycles. The van der Waals surface area contributed by atoms with E-state index in [0.29, 0.717) is 22.4 Å². The van der Waals surface area contributed by atoms with Crippen molar-refractivity contribution in [2.45, 2.75) is 25.8 Å². The van der Waals surface area contributed by atoms with Crippen LogP contribution in [0.4, 0.5) is 5.82 Å². The van der Waals surface area contributed by atoms with Crippen LogP contribution >= 0.6 is 11.6 Å². The van der Waals surface area contributed by atoms with Crippen LogP contribution in [0.2, 0.25) is 5.02 Å². The van der Waals surface area contributed by atoms with Crippen LogP contribution in [0.1, 0.15) is 30.1 Å². The van der Waals surface area contributed by atoms with E-state index in [0.717, 1.165) is 26.1 Å². The van der Waals surface area contributed by atoms with Crippen LogP contribution in [0, 0.1) is 0 Å². The summed E-state index contributed by atoms with van der Waals surface area (Å²) < 4.78 is 0. The zero-order valence-electron chi connectivity index (χ0n) is 12.9. The van der Waals surface area contributed by atoms with Crippen molar-refractivity contribution in [2.24, 2.45) is 0 Å². The number of carbonyl (C=O) groups is 1. The SMILES string of the molecule is CCN1CCCC1CN(C)C(=O)c1cc(NC)ncc1Cl. The molecular weight excluding hydrogens is 288 g/mol. The zero-order valence-corrected chi connectivity index (χ0v) is 13.7. The molecule has 0 aliphatic carbocycles. The molecule has 0 saturated carbocycles. The van der Waals surface area contributed by atoms with Gasteiger partial charge in [0.25, 0.3) is 5.91 Å². The number of amides is 1. The van der Waals surface area contributed by atoms with Gasteiger partial charge in [0, 0.05) is 32.9 Å². The summed E-state index contributed by atoms with van der Waals surface area (Å²) in [5.41, 5.74) is 0.500. The van der Waals surface area contributed by atoms with Crippen molar-refractivity contribution in [3.05, 3.63) is 22.8 Å². The minimum atomic E-state index is -0.0538. The average Bonchev–Trinajstić information content (AvgIpc) is 2.94. The highest BCUT2D eigenvalue weighted by molar-refractivity contribution is 6.33. The number of carbonyl (C=O) groups excluding carboxylic acids is 1. The third-order valence-electron chi connectivity index (χ3n) is 4.08. The quantitative estimate of drug-likeness (QED) is 0.907. The van der Waals surface area contributed by atoms with Gasteiger partial charge in [-0.25, -0.2) is 4.98 Å². The van der Waals surface area contributed by atoms with Crippen LogP contribution in [-0.2, 0) is 0 Å². The highest BCUT2D eigenvalue weighted by atomic mass is 35.5. The molecule has 1 fully saturated rings. The molecule has 0 aromatic carbocycles.